The summed E-state index contributed by atoms with van der Waals surface area (Å²) in [5.74, 6) is -1.20. The number of nitrogens with zero attached hydrogens (tertiary/aromatic N) is 4. The number of hydrogen-bond acceptors (Lipinski definition) is 7. The van der Waals surface area contributed by atoms with E-state index in [1.54, 1.807) is 23.6 Å². The van der Waals surface area contributed by atoms with Gasteiger partial charge in [-0.1, -0.05) is 11.6 Å². The first kappa shape index (κ1) is 24.2. The fourth-order valence-corrected chi connectivity index (χ4v) is 5.58. The molecule has 1 saturated carbocycles. The highest BCUT2D eigenvalue weighted by molar-refractivity contribution is 6.29. The van der Waals surface area contributed by atoms with Crippen LogP contribution < -0.4 is 10.9 Å². The maximum absolute atomic E-state index is 13.5. The van der Waals surface area contributed by atoms with Crippen LogP contribution >= 0.6 is 11.6 Å². The Morgan fingerprint density at radius 1 is 1.28 bits per heavy atom. The number of ether oxygens (including phenoxy) is 1. The Hall–Kier alpha value is -3.48. The predicted octanol–water partition coefficient (Wildman–Crippen LogP) is 4.54. The van der Waals surface area contributed by atoms with E-state index in [2.05, 4.69) is 16.4 Å². The van der Waals surface area contributed by atoms with Gasteiger partial charge in [-0.3, -0.25) is 9.20 Å². The third kappa shape index (κ3) is 3.81. The lowest BCUT2D eigenvalue weighted by atomic mass is 9.65. The number of anilines is 1. The Balaban J connectivity index is 1.62. The van der Waals surface area contributed by atoms with E-state index in [1.807, 2.05) is 19.9 Å². The van der Waals surface area contributed by atoms with Crippen LogP contribution in [0.2, 0.25) is 5.15 Å². The van der Waals surface area contributed by atoms with Crippen molar-refractivity contribution < 1.29 is 14.6 Å². The molecule has 2 saturated heterocycles. The van der Waals surface area contributed by atoms with Crippen LogP contribution in [0.3, 0.4) is 0 Å². The van der Waals surface area contributed by atoms with E-state index in [-0.39, 0.29) is 16.4 Å². The molecular formula is C26H26ClN5O4. The van der Waals surface area contributed by atoms with Crippen LogP contribution in [0.1, 0.15) is 71.5 Å². The average molecular weight is 508 g/mol. The van der Waals surface area contributed by atoms with Crippen LogP contribution in [0.25, 0.3) is 5.65 Å². The van der Waals surface area contributed by atoms with Gasteiger partial charge in [0.2, 0.25) is 0 Å². The molecule has 0 amide bonds. The lowest BCUT2D eigenvalue weighted by molar-refractivity contribution is -0.174. The van der Waals surface area contributed by atoms with Gasteiger partial charge in [-0.15, -0.1) is 0 Å². The number of hydrogen-bond donors (Lipinski definition) is 2. The lowest BCUT2D eigenvalue weighted by Crippen LogP contribution is -2.50. The zero-order valence-corrected chi connectivity index (χ0v) is 21.0. The highest BCUT2D eigenvalue weighted by Crippen LogP contribution is 2.53. The maximum Gasteiger partial charge on any atom is 0.356 e. The van der Waals surface area contributed by atoms with Crippen molar-refractivity contribution in [2.45, 2.75) is 58.1 Å². The standard InChI is InChI=1S/C26H26ClN5O4/c1-14-10-17(16(3)29-18-4-5-19(27)30-20(18)24(34)35)22-31-21(15(2)23(33)32(22)11-14)26-8-6-25(12-28,7-9-26)13-36-26/h4-5,10-11,16,29H,6-9,13H2,1-3H3,(H,34,35)/t16-,25?,26?/m1/s1. The second kappa shape index (κ2) is 8.57. The second-order valence-corrected chi connectivity index (χ2v) is 10.3. The fraction of sp³-hybridized carbons (Fsp3) is 0.423. The molecular weight excluding hydrogens is 482 g/mol. The third-order valence-electron chi connectivity index (χ3n) is 7.53. The zero-order chi connectivity index (χ0) is 25.8. The molecule has 3 aromatic heterocycles. The van der Waals surface area contributed by atoms with Crippen molar-refractivity contribution in [3.63, 3.8) is 0 Å². The fourth-order valence-electron chi connectivity index (χ4n) is 5.43. The summed E-state index contributed by atoms with van der Waals surface area (Å²) in [7, 11) is 0. The topological polar surface area (TPSA) is 130 Å². The van der Waals surface area contributed by atoms with Gasteiger partial charge in [0, 0.05) is 17.3 Å². The number of nitriles is 1. The van der Waals surface area contributed by atoms with Crippen molar-refractivity contribution in [2.24, 2.45) is 5.41 Å². The molecule has 0 spiro atoms. The summed E-state index contributed by atoms with van der Waals surface area (Å²) in [5, 5.41) is 22.5. The van der Waals surface area contributed by atoms with Crippen molar-refractivity contribution in [3.05, 3.63) is 68.0 Å². The normalized spacial score (nSPS) is 23.9. The summed E-state index contributed by atoms with van der Waals surface area (Å²) >= 11 is 5.90. The maximum atomic E-state index is 13.5. The molecule has 0 unspecified atom stereocenters. The van der Waals surface area contributed by atoms with Crippen molar-refractivity contribution in [1.29, 1.82) is 5.26 Å². The zero-order valence-electron chi connectivity index (χ0n) is 20.3. The van der Waals surface area contributed by atoms with Crippen LogP contribution in [0, 0.1) is 30.6 Å². The Bertz CT molecular complexity index is 1480. The van der Waals surface area contributed by atoms with Crippen molar-refractivity contribution >= 4 is 28.9 Å². The van der Waals surface area contributed by atoms with Crippen molar-refractivity contribution in [3.8, 4) is 6.07 Å². The smallest absolute Gasteiger partial charge is 0.356 e. The lowest BCUT2D eigenvalue weighted by Gasteiger charge is -2.50. The molecule has 3 fully saturated rings. The van der Waals surface area contributed by atoms with Gasteiger partial charge in [0.1, 0.15) is 16.4 Å². The summed E-state index contributed by atoms with van der Waals surface area (Å²) in [6.45, 7) is 5.88. The van der Waals surface area contributed by atoms with Crippen LogP contribution in [-0.4, -0.2) is 32.1 Å². The molecule has 6 rings (SSSR count). The van der Waals surface area contributed by atoms with Gasteiger partial charge in [-0.05, 0) is 70.2 Å². The number of rotatable bonds is 5. The van der Waals surface area contributed by atoms with E-state index in [0.29, 0.717) is 54.9 Å². The highest BCUT2D eigenvalue weighted by atomic mass is 35.5. The molecule has 36 heavy (non-hydrogen) atoms. The largest absolute Gasteiger partial charge is 0.476 e. The summed E-state index contributed by atoms with van der Waals surface area (Å²) in [6, 6.07) is 7.04. The third-order valence-corrected chi connectivity index (χ3v) is 7.74. The minimum absolute atomic E-state index is 0.0829. The molecule has 9 nitrogen and oxygen atoms in total. The van der Waals surface area contributed by atoms with E-state index >= 15 is 0 Å². The van der Waals surface area contributed by atoms with Crippen LogP contribution in [0.5, 0.6) is 0 Å². The number of fused-ring (bicyclic) bond motifs is 4. The molecule has 10 heteroatoms. The quantitative estimate of drug-likeness (QED) is 0.481. The van der Waals surface area contributed by atoms with Gasteiger partial charge in [0.15, 0.2) is 5.69 Å². The monoisotopic (exact) mass is 507 g/mol. The Morgan fingerprint density at radius 3 is 2.61 bits per heavy atom. The van der Waals surface area contributed by atoms with Gasteiger partial charge in [0.25, 0.3) is 5.56 Å². The number of carbonyl (C=O) groups is 1. The molecule has 186 valence electrons. The molecule has 5 heterocycles. The molecule has 3 aliphatic rings. The van der Waals surface area contributed by atoms with Crippen LogP contribution in [-0.2, 0) is 10.3 Å². The molecule has 2 aliphatic heterocycles. The summed E-state index contributed by atoms with van der Waals surface area (Å²) in [6.07, 6.45) is 4.45. The summed E-state index contributed by atoms with van der Waals surface area (Å²) in [4.78, 5) is 34.2. The van der Waals surface area contributed by atoms with Gasteiger partial charge < -0.3 is 15.2 Å². The number of aromatic carboxylic acids is 1. The summed E-state index contributed by atoms with van der Waals surface area (Å²) < 4.78 is 7.81. The highest BCUT2D eigenvalue weighted by Gasteiger charge is 2.52. The van der Waals surface area contributed by atoms with E-state index in [1.165, 1.54) is 6.07 Å². The first-order valence-electron chi connectivity index (χ1n) is 11.8. The number of carboxylic acid groups (broad SMARTS) is 1. The minimum Gasteiger partial charge on any atom is -0.476 e. The second-order valence-electron chi connectivity index (χ2n) is 9.93. The Kier molecular flexibility index (Phi) is 5.77. The molecule has 2 bridgehead atoms. The van der Waals surface area contributed by atoms with Crippen LogP contribution in [0.4, 0.5) is 5.69 Å². The van der Waals surface area contributed by atoms with Gasteiger partial charge in [0.05, 0.1) is 35.5 Å². The van der Waals surface area contributed by atoms with Gasteiger partial charge in [-0.25, -0.2) is 14.8 Å². The average Bonchev–Trinajstić information content (AvgIpc) is 2.88. The number of nitrogens with one attached hydrogen (secondary N) is 1. The Morgan fingerprint density at radius 2 is 2.00 bits per heavy atom. The minimum atomic E-state index is -1.20. The molecule has 1 aliphatic carbocycles. The number of aromatic nitrogens is 3. The van der Waals surface area contributed by atoms with E-state index in [0.717, 1.165) is 11.1 Å². The first-order chi connectivity index (χ1) is 17.1. The van der Waals surface area contributed by atoms with Crippen molar-refractivity contribution in [1.82, 2.24) is 14.4 Å². The van der Waals surface area contributed by atoms with Gasteiger partial charge >= 0.3 is 5.97 Å². The van der Waals surface area contributed by atoms with Gasteiger partial charge in [-0.2, -0.15) is 5.26 Å². The molecule has 3 aromatic rings. The van der Waals surface area contributed by atoms with E-state index < -0.39 is 23.0 Å². The number of carboxylic acids is 1. The molecule has 2 N–H and O–H groups in total. The van der Waals surface area contributed by atoms with Crippen LogP contribution in [0.15, 0.2) is 29.2 Å². The molecule has 1 atom stereocenters. The number of pyridine rings is 2. The Labute approximate surface area is 212 Å². The van der Waals surface area contributed by atoms with E-state index in [4.69, 9.17) is 21.3 Å². The predicted molar refractivity (Wildman–Crippen MR) is 133 cm³/mol. The van der Waals surface area contributed by atoms with E-state index in [9.17, 15) is 20.0 Å². The molecule has 0 aromatic carbocycles. The molecule has 0 radical (unpaired) electrons. The summed E-state index contributed by atoms with van der Waals surface area (Å²) in [5.41, 5.74) is 2.03. The number of halogens is 1. The number of aryl methyl sites for hydroxylation is 1. The van der Waals surface area contributed by atoms with Crippen molar-refractivity contribution in [2.75, 3.05) is 11.9 Å². The SMILES string of the molecule is Cc1cc([C@@H](C)Nc2ccc(Cl)nc2C(=O)O)c2nc(C34CCC(C#N)(CC3)CO4)c(C)c(=O)n2c1. The first-order valence-corrected chi connectivity index (χ1v) is 12.2.